The summed E-state index contributed by atoms with van der Waals surface area (Å²) in [6.45, 7) is 0.544. The monoisotopic (exact) mass is 278 g/mol. The normalized spacial score (nSPS) is 10.2. The zero-order chi connectivity index (χ0) is 14.5. The summed E-state index contributed by atoms with van der Waals surface area (Å²) in [5.74, 6) is -0.909. The van der Waals surface area contributed by atoms with Crippen LogP contribution in [0.1, 0.15) is 21.9 Å². The maximum absolute atomic E-state index is 11.8. The van der Waals surface area contributed by atoms with Gasteiger partial charge in [0.2, 0.25) is 5.76 Å². The number of aromatic carboxylic acids is 1. The molecule has 106 valence electrons. The quantitative estimate of drug-likeness (QED) is 0.871. The van der Waals surface area contributed by atoms with Crippen molar-refractivity contribution in [2.24, 2.45) is 0 Å². The fraction of sp³-hybridized carbons (Fsp3) is 0.231. The van der Waals surface area contributed by atoms with E-state index in [0.717, 1.165) is 5.56 Å². The predicted molar refractivity (Wildman–Crippen MR) is 68.1 cm³/mol. The van der Waals surface area contributed by atoms with Gasteiger partial charge >= 0.3 is 12.0 Å². The molecule has 2 amide bonds. The average Bonchev–Trinajstić information content (AvgIpc) is 3.06. The Labute approximate surface area is 114 Å². The lowest BCUT2D eigenvalue weighted by Crippen LogP contribution is -2.36. The van der Waals surface area contributed by atoms with Crippen LogP contribution in [0, 0.1) is 0 Å². The summed E-state index contributed by atoms with van der Waals surface area (Å²) in [6.07, 6.45) is 3.10. The van der Waals surface area contributed by atoms with Crippen molar-refractivity contribution >= 4 is 12.0 Å². The van der Waals surface area contributed by atoms with Gasteiger partial charge in [0.15, 0.2) is 0 Å². The fourth-order valence-electron chi connectivity index (χ4n) is 1.61. The van der Waals surface area contributed by atoms with Gasteiger partial charge in [0, 0.05) is 12.6 Å². The zero-order valence-corrected chi connectivity index (χ0v) is 10.8. The molecular formula is C13H14N2O5. The molecule has 0 atom stereocenters. The number of carboxylic acid groups (broad SMARTS) is 1. The van der Waals surface area contributed by atoms with Crippen LogP contribution in [0.4, 0.5) is 4.79 Å². The second-order valence-corrected chi connectivity index (χ2v) is 4.22. The number of carbonyl (C=O) groups excluding carboxylic acids is 1. The van der Waals surface area contributed by atoms with Gasteiger partial charge in [-0.05, 0) is 18.2 Å². The molecule has 0 saturated carbocycles. The van der Waals surface area contributed by atoms with Crippen molar-refractivity contribution in [1.29, 1.82) is 0 Å². The van der Waals surface area contributed by atoms with Gasteiger partial charge < -0.3 is 24.2 Å². The lowest BCUT2D eigenvalue weighted by Gasteiger charge is -2.16. The summed E-state index contributed by atoms with van der Waals surface area (Å²) in [4.78, 5) is 23.9. The Bertz CT molecular complexity index is 588. The van der Waals surface area contributed by atoms with Crippen molar-refractivity contribution in [1.82, 2.24) is 10.2 Å². The van der Waals surface area contributed by atoms with Gasteiger partial charge in [-0.2, -0.15) is 0 Å². The van der Waals surface area contributed by atoms with E-state index in [2.05, 4.69) is 5.32 Å². The third-order valence-corrected chi connectivity index (χ3v) is 2.63. The molecule has 2 heterocycles. The smallest absolute Gasteiger partial charge is 0.371 e. The van der Waals surface area contributed by atoms with Crippen molar-refractivity contribution in [2.45, 2.75) is 13.1 Å². The summed E-state index contributed by atoms with van der Waals surface area (Å²) in [5.41, 5.74) is 0.883. The third-order valence-electron chi connectivity index (χ3n) is 2.63. The minimum absolute atomic E-state index is 0.127. The second kappa shape index (κ2) is 5.96. The van der Waals surface area contributed by atoms with Crippen LogP contribution in [0.15, 0.2) is 39.6 Å². The van der Waals surface area contributed by atoms with Crippen LogP contribution in [-0.4, -0.2) is 29.1 Å². The maximum Gasteiger partial charge on any atom is 0.371 e. The number of amides is 2. The molecule has 0 saturated heterocycles. The topological polar surface area (TPSA) is 95.9 Å². The van der Waals surface area contributed by atoms with E-state index in [1.165, 1.54) is 23.3 Å². The van der Waals surface area contributed by atoms with Gasteiger partial charge in [-0.15, -0.1) is 0 Å². The number of hydrogen-bond donors (Lipinski definition) is 2. The maximum atomic E-state index is 11.8. The first kappa shape index (κ1) is 13.7. The first-order chi connectivity index (χ1) is 9.56. The highest BCUT2D eigenvalue weighted by atomic mass is 16.4. The highest BCUT2D eigenvalue weighted by Crippen LogP contribution is 2.08. The Morgan fingerprint density at radius 2 is 2.15 bits per heavy atom. The predicted octanol–water partition coefficient (Wildman–Crippen LogP) is 1.91. The zero-order valence-electron chi connectivity index (χ0n) is 10.8. The van der Waals surface area contributed by atoms with Crippen LogP contribution in [0.3, 0.4) is 0 Å². The lowest BCUT2D eigenvalue weighted by molar-refractivity contribution is 0.0660. The number of hydrogen-bond acceptors (Lipinski definition) is 4. The van der Waals surface area contributed by atoms with Gasteiger partial charge in [0.1, 0.15) is 5.76 Å². The van der Waals surface area contributed by atoms with Crippen molar-refractivity contribution in [3.63, 3.8) is 0 Å². The summed E-state index contributed by atoms with van der Waals surface area (Å²) in [6, 6.07) is 4.34. The molecule has 0 spiro atoms. The lowest BCUT2D eigenvalue weighted by atomic mass is 10.3. The largest absolute Gasteiger partial charge is 0.475 e. The van der Waals surface area contributed by atoms with Crippen LogP contribution in [0.25, 0.3) is 0 Å². The first-order valence-electron chi connectivity index (χ1n) is 5.88. The van der Waals surface area contributed by atoms with E-state index < -0.39 is 5.97 Å². The van der Waals surface area contributed by atoms with Crippen LogP contribution in [0.2, 0.25) is 0 Å². The minimum Gasteiger partial charge on any atom is -0.475 e. The highest BCUT2D eigenvalue weighted by molar-refractivity contribution is 5.84. The molecule has 0 aliphatic heterocycles. The highest BCUT2D eigenvalue weighted by Gasteiger charge is 2.12. The molecule has 2 aromatic rings. The number of nitrogens with one attached hydrogen (secondary N) is 1. The van der Waals surface area contributed by atoms with E-state index in [4.69, 9.17) is 13.9 Å². The molecule has 0 unspecified atom stereocenters. The molecule has 2 N–H and O–H groups in total. The van der Waals surface area contributed by atoms with Gasteiger partial charge in [-0.25, -0.2) is 9.59 Å². The van der Waals surface area contributed by atoms with Gasteiger partial charge in [0.05, 0.1) is 25.6 Å². The van der Waals surface area contributed by atoms with E-state index in [9.17, 15) is 9.59 Å². The van der Waals surface area contributed by atoms with Crippen molar-refractivity contribution < 1.29 is 23.5 Å². The Morgan fingerprint density at radius 3 is 2.75 bits per heavy atom. The SMILES string of the molecule is CN(Cc1ccoc1)C(=O)NCc1ccc(C(=O)O)o1. The molecule has 2 aromatic heterocycles. The van der Waals surface area contributed by atoms with Crippen molar-refractivity contribution in [2.75, 3.05) is 7.05 Å². The van der Waals surface area contributed by atoms with Crippen LogP contribution in [0.5, 0.6) is 0 Å². The van der Waals surface area contributed by atoms with E-state index in [0.29, 0.717) is 12.3 Å². The van der Waals surface area contributed by atoms with E-state index in [1.807, 2.05) is 0 Å². The van der Waals surface area contributed by atoms with Crippen molar-refractivity contribution in [3.8, 4) is 0 Å². The minimum atomic E-state index is -1.14. The molecule has 20 heavy (non-hydrogen) atoms. The Balaban J connectivity index is 1.83. The van der Waals surface area contributed by atoms with Gasteiger partial charge in [-0.3, -0.25) is 0 Å². The Kier molecular flexibility index (Phi) is 4.09. The second-order valence-electron chi connectivity index (χ2n) is 4.22. The van der Waals surface area contributed by atoms with E-state index >= 15 is 0 Å². The van der Waals surface area contributed by atoms with E-state index in [-0.39, 0.29) is 18.3 Å². The molecule has 0 bridgehead atoms. The van der Waals surface area contributed by atoms with Gasteiger partial charge in [-0.1, -0.05) is 0 Å². The summed E-state index contributed by atoms with van der Waals surface area (Å²) < 4.78 is 9.95. The standard InChI is InChI=1S/C13H14N2O5/c1-15(7-9-4-5-19-8-9)13(18)14-6-10-2-3-11(20-10)12(16)17/h2-5,8H,6-7H2,1H3,(H,14,18)(H,16,17). The molecule has 0 radical (unpaired) electrons. The number of nitrogens with zero attached hydrogens (tertiary/aromatic N) is 1. The molecular weight excluding hydrogens is 264 g/mol. The van der Waals surface area contributed by atoms with Crippen LogP contribution in [-0.2, 0) is 13.1 Å². The summed E-state index contributed by atoms with van der Waals surface area (Å²) >= 11 is 0. The van der Waals surface area contributed by atoms with Gasteiger partial charge in [0.25, 0.3) is 0 Å². The summed E-state index contributed by atoms with van der Waals surface area (Å²) in [7, 11) is 1.65. The number of furan rings is 2. The molecule has 0 aliphatic carbocycles. The van der Waals surface area contributed by atoms with Crippen LogP contribution < -0.4 is 5.32 Å². The molecule has 7 nitrogen and oxygen atoms in total. The fourth-order valence-corrected chi connectivity index (χ4v) is 1.61. The number of carboxylic acids is 1. The average molecular weight is 278 g/mol. The molecule has 0 aliphatic rings. The Hall–Kier alpha value is -2.70. The third kappa shape index (κ3) is 3.41. The molecule has 0 aromatic carbocycles. The molecule has 2 rings (SSSR count). The van der Waals surface area contributed by atoms with Crippen molar-refractivity contribution in [3.05, 3.63) is 47.8 Å². The molecule has 0 fully saturated rings. The Morgan fingerprint density at radius 1 is 1.35 bits per heavy atom. The molecule has 7 heteroatoms. The first-order valence-corrected chi connectivity index (χ1v) is 5.88. The number of urea groups is 1. The summed E-state index contributed by atoms with van der Waals surface area (Å²) in [5, 5.41) is 11.3. The number of carbonyl (C=O) groups is 2. The van der Waals surface area contributed by atoms with Crippen LogP contribution >= 0.6 is 0 Å². The number of rotatable bonds is 5. The van der Waals surface area contributed by atoms with E-state index in [1.54, 1.807) is 19.4 Å².